The van der Waals surface area contributed by atoms with E-state index in [1.807, 2.05) is 18.3 Å². The van der Waals surface area contributed by atoms with Crippen LogP contribution in [-0.4, -0.2) is 9.67 Å². The minimum atomic E-state index is 0.0825. The third-order valence-electron chi connectivity index (χ3n) is 3.05. The molecule has 0 atom stereocenters. The molecule has 0 aliphatic heterocycles. The van der Waals surface area contributed by atoms with Crippen molar-refractivity contribution in [1.29, 1.82) is 0 Å². The van der Waals surface area contributed by atoms with E-state index in [4.69, 9.17) is 0 Å². The Morgan fingerprint density at radius 2 is 2.06 bits per heavy atom. The van der Waals surface area contributed by atoms with Gasteiger partial charge in [-0.1, -0.05) is 18.2 Å². The van der Waals surface area contributed by atoms with E-state index in [-0.39, 0.29) is 6.61 Å². The van der Waals surface area contributed by atoms with Crippen LogP contribution in [0, 0.1) is 0 Å². The molecule has 0 aliphatic carbocycles. The monoisotopic (exact) mass is 321 g/mol. The molecular formula is C14H12BrNOS. The van der Waals surface area contributed by atoms with Crippen LogP contribution in [0.2, 0.25) is 0 Å². The van der Waals surface area contributed by atoms with Crippen LogP contribution >= 0.6 is 27.3 Å². The number of hydrogen-bond donors (Lipinski definition) is 1. The molecule has 3 aromatic rings. The fourth-order valence-corrected chi connectivity index (χ4v) is 3.65. The van der Waals surface area contributed by atoms with Gasteiger partial charge in [0.1, 0.15) is 0 Å². The molecule has 0 bridgehead atoms. The van der Waals surface area contributed by atoms with Crippen LogP contribution in [0.5, 0.6) is 0 Å². The first-order valence-corrected chi connectivity index (χ1v) is 7.36. The molecule has 2 nitrogen and oxygen atoms in total. The lowest BCUT2D eigenvalue weighted by Gasteiger charge is -2.03. The lowest BCUT2D eigenvalue weighted by atomic mass is 10.2. The topological polar surface area (TPSA) is 25.2 Å². The molecule has 0 aliphatic rings. The van der Waals surface area contributed by atoms with Gasteiger partial charge in [0.2, 0.25) is 0 Å². The van der Waals surface area contributed by atoms with Crippen LogP contribution in [-0.2, 0) is 13.2 Å². The molecule has 3 rings (SSSR count). The summed E-state index contributed by atoms with van der Waals surface area (Å²) in [6, 6.07) is 10.3. The van der Waals surface area contributed by atoms with Crippen molar-refractivity contribution in [2.45, 2.75) is 13.2 Å². The van der Waals surface area contributed by atoms with Crippen molar-refractivity contribution >= 4 is 38.2 Å². The molecule has 2 heterocycles. The van der Waals surface area contributed by atoms with Crippen molar-refractivity contribution < 1.29 is 5.11 Å². The summed E-state index contributed by atoms with van der Waals surface area (Å²) >= 11 is 5.30. The van der Waals surface area contributed by atoms with Gasteiger partial charge >= 0.3 is 0 Å². The summed E-state index contributed by atoms with van der Waals surface area (Å²) in [7, 11) is 0. The zero-order valence-electron chi connectivity index (χ0n) is 9.64. The van der Waals surface area contributed by atoms with Crippen LogP contribution in [0.25, 0.3) is 10.9 Å². The zero-order valence-corrected chi connectivity index (χ0v) is 12.0. The third kappa shape index (κ3) is 2.00. The van der Waals surface area contributed by atoms with Gasteiger partial charge in [-0.25, -0.2) is 0 Å². The molecule has 0 unspecified atom stereocenters. The summed E-state index contributed by atoms with van der Waals surface area (Å²) < 4.78 is 3.34. The van der Waals surface area contributed by atoms with Gasteiger partial charge in [-0.05, 0) is 33.4 Å². The Kier molecular flexibility index (Phi) is 3.24. The largest absolute Gasteiger partial charge is 0.392 e. The first-order valence-electron chi connectivity index (χ1n) is 5.69. The number of aliphatic hydroxyl groups excluding tert-OH is 1. The summed E-state index contributed by atoms with van der Waals surface area (Å²) in [4.78, 5) is 1.29. The van der Waals surface area contributed by atoms with Gasteiger partial charge in [-0.15, -0.1) is 11.3 Å². The third-order valence-corrected chi connectivity index (χ3v) is 4.96. The molecule has 2 aromatic heterocycles. The van der Waals surface area contributed by atoms with E-state index in [0.717, 1.165) is 22.0 Å². The van der Waals surface area contributed by atoms with Crippen LogP contribution in [0.3, 0.4) is 0 Å². The van der Waals surface area contributed by atoms with Gasteiger partial charge < -0.3 is 9.67 Å². The van der Waals surface area contributed by atoms with E-state index in [1.54, 1.807) is 11.3 Å². The van der Waals surface area contributed by atoms with E-state index in [2.05, 4.69) is 44.1 Å². The van der Waals surface area contributed by atoms with Crippen molar-refractivity contribution in [3.8, 4) is 0 Å². The Hall–Kier alpha value is -1.10. The Labute approximate surface area is 118 Å². The number of thiophene rings is 1. The Bertz CT molecular complexity index is 686. The summed E-state index contributed by atoms with van der Waals surface area (Å²) in [5, 5.41) is 12.6. The minimum Gasteiger partial charge on any atom is -0.392 e. The molecule has 0 amide bonds. The second-order valence-corrected chi connectivity index (χ2v) is 6.00. The van der Waals surface area contributed by atoms with E-state index >= 15 is 0 Å². The number of aliphatic hydroxyl groups is 1. The average Bonchev–Trinajstić information content (AvgIpc) is 2.95. The molecule has 4 heteroatoms. The van der Waals surface area contributed by atoms with Gasteiger partial charge in [0, 0.05) is 32.0 Å². The number of aromatic nitrogens is 1. The first kappa shape index (κ1) is 12.0. The Morgan fingerprint density at radius 1 is 1.22 bits per heavy atom. The summed E-state index contributed by atoms with van der Waals surface area (Å²) in [6.45, 7) is 0.915. The molecule has 0 saturated carbocycles. The van der Waals surface area contributed by atoms with Gasteiger partial charge in [0.05, 0.1) is 13.2 Å². The molecule has 1 aromatic carbocycles. The number of benzene rings is 1. The van der Waals surface area contributed by atoms with E-state index < -0.39 is 0 Å². The van der Waals surface area contributed by atoms with Crippen molar-refractivity contribution in [2.75, 3.05) is 0 Å². The van der Waals surface area contributed by atoms with Crippen LogP contribution in [0.15, 0.2) is 46.4 Å². The first-order chi connectivity index (χ1) is 8.79. The Morgan fingerprint density at radius 3 is 2.78 bits per heavy atom. The molecular weight excluding hydrogens is 310 g/mol. The number of para-hydroxylation sites is 1. The van der Waals surface area contributed by atoms with Crippen molar-refractivity contribution in [3.05, 3.63) is 56.8 Å². The van der Waals surface area contributed by atoms with E-state index in [9.17, 15) is 5.11 Å². The maximum atomic E-state index is 9.41. The summed E-state index contributed by atoms with van der Waals surface area (Å²) in [6.07, 6.45) is 2.04. The quantitative estimate of drug-likeness (QED) is 0.774. The number of rotatable bonds is 3. The Balaban J connectivity index is 2.09. The van der Waals surface area contributed by atoms with Gasteiger partial charge in [0.25, 0.3) is 0 Å². The van der Waals surface area contributed by atoms with Crippen LogP contribution in [0.1, 0.15) is 10.4 Å². The SMILES string of the molecule is OCc1cn(Cc2sccc2Br)c2ccccc12. The maximum Gasteiger partial charge on any atom is 0.0702 e. The molecule has 0 radical (unpaired) electrons. The van der Waals surface area contributed by atoms with Gasteiger partial charge in [-0.3, -0.25) is 0 Å². The predicted octanol–water partition coefficient (Wildman–Crippen LogP) is 4.01. The fraction of sp³-hybridized carbons (Fsp3) is 0.143. The van der Waals surface area contributed by atoms with E-state index in [1.165, 1.54) is 10.4 Å². The van der Waals surface area contributed by atoms with Gasteiger partial charge in [-0.2, -0.15) is 0 Å². The maximum absolute atomic E-state index is 9.41. The smallest absolute Gasteiger partial charge is 0.0702 e. The van der Waals surface area contributed by atoms with Crippen molar-refractivity contribution in [1.82, 2.24) is 4.57 Å². The van der Waals surface area contributed by atoms with Gasteiger partial charge in [0.15, 0.2) is 0 Å². The van der Waals surface area contributed by atoms with E-state index in [0.29, 0.717) is 0 Å². The number of fused-ring (bicyclic) bond motifs is 1. The lowest BCUT2D eigenvalue weighted by Crippen LogP contribution is -1.96. The standard InChI is InChI=1S/C14H12BrNOS/c15-12-5-6-18-14(12)8-16-7-10(9-17)11-3-1-2-4-13(11)16/h1-7,17H,8-9H2. The molecule has 0 saturated heterocycles. The van der Waals surface area contributed by atoms with Crippen LogP contribution < -0.4 is 0 Å². The van der Waals surface area contributed by atoms with Crippen molar-refractivity contribution in [2.24, 2.45) is 0 Å². The predicted molar refractivity (Wildman–Crippen MR) is 79.0 cm³/mol. The number of hydrogen-bond acceptors (Lipinski definition) is 2. The zero-order chi connectivity index (χ0) is 12.5. The average molecular weight is 322 g/mol. The highest BCUT2D eigenvalue weighted by molar-refractivity contribution is 9.10. The molecule has 18 heavy (non-hydrogen) atoms. The van der Waals surface area contributed by atoms with Crippen LogP contribution in [0.4, 0.5) is 0 Å². The highest BCUT2D eigenvalue weighted by Crippen LogP contribution is 2.27. The molecule has 1 N–H and O–H groups in total. The minimum absolute atomic E-state index is 0.0825. The molecule has 0 spiro atoms. The summed E-state index contributed by atoms with van der Waals surface area (Å²) in [5.74, 6) is 0. The fourth-order valence-electron chi connectivity index (χ4n) is 2.17. The normalized spacial score (nSPS) is 11.2. The highest BCUT2D eigenvalue weighted by atomic mass is 79.9. The lowest BCUT2D eigenvalue weighted by molar-refractivity contribution is 0.283. The molecule has 92 valence electrons. The second kappa shape index (κ2) is 4.88. The second-order valence-electron chi connectivity index (χ2n) is 4.15. The highest BCUT2D eigenvalue weighted by Gasteiger charge is 2.09. The van der Waals surface area contributed by atoms with Crippen molar-refractivity contribution in [3.63, 3.8) is 0 Å². The number of halogens is 1. The summed E-state index contributed by atoms with van der Waals surface area (Å²) in [5.41, 5.74) is 2.15. The molecule has 0 fully saturated rings. The number of nitrogens with zero attached hydrogens (tertiary/aromatic N) is 1.